The number of carbonyl (C=O) groups is 4. The second-order valence-corrected chi connectivity index (χ2v) is 6.77. The Bertz CT molecular complexity index is 885. The van der Waals surface area contributed by atoms with Gasteiger partial charge in [0.05, 0.1) is 0 Å². The van der Waals surface area contributed by atoms with Gasteiger partial charge in [0.1, 0.15) is 24.0 Å². The summed E-state index contributed by atoms with van der Waals surface area (Å²) < 4.78 is 10.4. The van der Waals surface area contributed by atoms with Crippen molar-refractivity contribution < 1.29 is 33.8 Å². The van der Waals surface area contributed by atoms with Gasteiger partial charge >= 0.3 is 17.2 Å². The summed E-state index contributed by atoms with van der Waals surface area (Å²) in [6.07, 6.45) is 0. The number of thioether (sulfide) groups is 1. The summed E-state index contributed by atoms with van der Waals surface area (Å²) in [6, 6.07) is 13.9. The first-order valence-electron chi connectivity index (χ1n) is 8.51. The first-order chi connectivity index (χ1) is 13.9. The number of hydrogen-bond acceptors (Lipinski definition) is 7. The number of aliphatic carboxylic acids is 1. The fraction of sp³-hybridized carbons (Fsp3) is 0.200. The van der Waals surface area contributed by atoms with Gasteiger partial charge in [0.2, 0.25) is 5.91 Å². The van der Waals surface area contributed by atoms with Crippen LogP contribution in [-0.2, 0) is 20.9 Å². The molecule has 0 spiro atoms. The van der Waals surface area contributed by atoms with Crippen molar-refractivity contribution in [1.82, 2.24) is 5.32 Å². The van der Waals surface area contributed by atoms with E-state index >= 15 is 0 Å². The molecule has 8 nitrogen and oxygen atoms in total. The predicted molar refractivity (Wildman–Crippen MR) is 106 cm³/mol. The number of benzene rings is 2. The van der Waals surface area contributed by atoms with Crippen molar-refractivity contribution in [1.29, 1.82) is 0 Å². The molecule has 2 aromatic rings. The molecule has 0 aromatic heterocycles. The zero-order valence-electron chi connectivity index (χ0n) is 15.5. The normalized spacial score (nSPS) is 11.2. The Morgan fingerprint density at radius 1 is 1.03 bits per heavy atom. The second kappa shape index (κ2) is 10.9. The molecule has 0 aliphatic carbocycles. The minimum atomic E-state index is -1.27. The van der Waals surface area contributed by atoms with E-state index in [4.69, 9.17) is 14.6 Å². The Hall–Kier alpha value is -3.33. The van der Waals surface area contributed by atoms with E-state index in [9.17, 15) is 19.2 Å². The molecule has 0 aliphatic heterocycles. The number of hydrogen-bond donors (Lipinski definition) is 2. The standard InChI is InChI=1S/C20H19NO7S/c1-13(22)21-16(18(23)24)12-29-20(26)28-17-10-6-5-9-15(17)19(25)27-11-14-7-3-2-4-8-14/h2-10,16H,11-12H2,1H3,(H,21,22)(H,23,24)/t16-/m0/s1. The number of carboxylic acid groups (broad SMARTS) is 1. The van der Waals surface area contributed by atoms with Crippen molar-refractivity contribution in [3.63, 3.8) is 0 Å². The average molecular weight is 417 g/mol. The highest BCUT2D eigenvalue weighted by atomic mass is 32.2. The highest BCUT2D eigenvalue weighted by Gasteiger charge is 2.22. The van der Waals surface area contributed by atoms with Crippen LogP contribution in [0.1, 0.15) is 22.8 Å². The Morgan fingerprint density at radius 2 is 1.69 bits per heavy atom. The molecule has 29 heavy (non-hydrogen) atoms. The number of amides is 1. The van der Waals surface area contributed by atoms with Crippen LogP contribution in [0.3, 0.4) is 0 Å². The topological polar surface area (TPSA) is 119 Å². The number of para-hydroxylation sites is 1. The highest BCUT2D eigenvalue weighted by Crippen LogP contribution is 2.22. The van der Waals surface area contributed by atoms with Crippen LogP contribution in [0.2, 0.25) is 0 Å². The van der Waals surface area contributed by atoms with Gasteiger partial charge < -0.3 is 19.9 Å². The molecule has 2 aromatic carbocycles. The molecule has 0 bridgehead atoms. The fourth-order valence-corrected chi connectivity index (χ4v) is 2.89. The largest absolute Gasteiger partial charge is 0.480 e. The van der Waals surface area contributed by atoms with Crippen LogP contribution in [0.25, 0.3) is 0 Å². The first kappa shape index (κ1) is 22.0. The lowest BCUT2D eigenvalue weighted by Gasteiger charge is -2.13. The van der Waals surface area contributed by atoms with E-state index in [2.05, 4.69) is 5.32 Å². The Morgan fingerprint density at radius 3 is 2.34 bits per heavy atom. The highest BCUT2D eigenvalue weighted by molar-refractivity contribution is 8.13. The molecule has 2 N–H and O–H groups in total. The summed E-state index contributed by atoms with van der Waals surface area (Å²) in [4.78, 5) is 46.5. The summed E-state index contributed by atoms with van der Waals surface area (Å²) in [7, 11) is 0. The molecule has 0 heterocycles. The van der Waals surface area contributed by atoms with Crippen LogP contribution in [0, 0.1) is 0 Å². The number of rotatable bonds is 8. The molecule has 0 radical (unpaired) electrons. The van der Waals surface area contributed by atoms with Crippen molar-refractivity contribution in [2.75, 3.05) is 5.75 Å². The zero-order valence-corrected chi connectivity index (χ0v) is 16.3. The molecule has 2 rings (SSSR count). The SMILES string of the molecule is CC(=O)N[C@@H](CSC(=O)Oc1ccccc1C(=O)OCc1ccccc1)C(=O)O. The Labute approximate surface area is 171 Å². The molecule has 0 aliphatic rings. The van der Waals surface area contributed by atoms with Gasteiger partial charge in [0.25, 0.3) is 0 Å². The van der Waals surface area contributed by atoms with Crippen molar-refractivity contribution >= 4 is 34.9 Å². The molecule has 1 amide bonds. The summed E-state index contributed by atoms with van der Waals surface area (Å²) >= 11 is 0.572. The van der Waals surface area contributed by atoms with E-state index in [1.807, 2.05) is 30.3 Å². The van der Waals surface area contributed by atoms with E-state index in [0.29, 0.717) is 11.8 Å². The van der Waals surface area contributed by atoms with Crippen LogP contribution >= 0.6 is 11.8 Å². The lowest BCUT2D eigenvalue weighted by molar-refractivity contribution is -0.140. The van der Waals surface area contributed by atoms with E-state index in [1.165, 1.54) is 19.1 Å². The molecule has 9 heteroatoms. The Kier molecular flexibility index (Phi) is 8.23. The minimum absolute atomic E-state index is 0.00513. The molecule has 0 saturated heterocycles. The molecule has 0 saturated carbocycles. The summed E-state index contributed by atoms with van der Waals surface area (Å²) in [5.41, 5.74) is 0.873. The van der Waals surface area contributed by atoms with Crippen LogP contribution in [0.4, 0.5) is 4.79 Å². The van der Waals surface area contributed by atoms with Crippen molar-refractivity contribution in [3.8, 4) is 5.75 Å². The number of esters is 1. The van der Waals surface area contributed by atoms with Gasteiger partial charge in [-0.25, -0.2) is 14.4 Å². The third-order valence-electron chi connectivity index (χ3n) is 3.56. The van der Waals surface area contributed by atoms with E-state index < -0.39 is 29.2 Å². The van der Waals surface area contributed by atoms with Gasteiger partial charge in [0.15, 0.2) is 0 Å². The van der Waals surface area contributed by atoms with Crippen LogP contribution in [0.5, 0.6) is 5.75 Å². The van der Waals surface area contributed by atoms with E-state index in [1.54, 1.807) is 12.1 Å². The minimum Gasteiger partial charge on any atom is -0.480 e. The second-order valence-electron chi connectivity index (χ2n) is 5.81. The molecule has 0 fully saturated rings. The summed E-state index contributed by atoms with van der Waals surface area (Å²) in [5, 5.41) is 10.5. The number of carboxylic acids is 1. The van der Waals surface area contributed by atoms with Gasteiger partial charge in [-0.05, 0) is 29.5 Å². The monoisotopic (exact) mass is 417 g/mol. The number of carbonyl (C=O) groups excluding carboxylic acids is 3. The van der Waals surface area contributed by atoms with Gasteiger partial charge in [0, 0.05) is 12.7 Å². The van der Waals surface area contributed by atoms with Gasteiger partial charge in [-0.1, -0.05) is 42.5 Å². The quantitative estimate of drug-likeness (QED) is 0.630. The number of nitrogens with one attached hydrogen (secondary N) is 1. The Balaban J connectivity index is 1.96. The van der Waals surface area contributed by atoms with Gasteiger partial charge in [-0.15, -0.1) is 0 Å². The third-order valence-corrected chi connectivity index (χ3v) is 4.38. The fourth-order valence-electron chi connectivity index (χ4n) is 2.22. The number of ether oxygens (including phenoxy) is 2. The molecular weight excluding hydrogens is 398 g/mol. The molecule has 1 atom stereocenters. The third kappa shape index (κ3) is 7.30. The molecule has 0 unspecified atom stereocenters. The van der Waals surface area contributed by atoms with Crippen LogP contribution in [-0.4, -0.2) is 40.0 Å². The lowest BCUT2D eigenvalue weighted by atomic mass is 10.2. The zero-order chi connectivity index (χ0) is 21.2. The smallest absolute Gasteiger partial charge is 0.372 e. The maximum Gasteiger partial charge on any atom is 0.372 e. The van der Waals surface area contributed by atoms with Crippen molar-refractivity contribution in [2.24, 2.45) is 0 Å². The van der Waals surface area contributed by atoms with E-state index in [0.717, 1.165) is 5.56 Å². The maximum atomic E-state index is 12.4. The van der Waals surface area contributed by atoms with Crippen molar-refractivity contribution in [3.05, 3.63) is 65.7 Å². The van der Waals surface area contributed by atoms with E-state index in [-0.39, 0.29) is 23.7 Å². The lowest BCUT2D eigenvalue weighted by Crippen LogP contribution is -2.41. The maximum absolute atomic E-state index is 12.4. The summed E-state index contributed by atoms with van der Waals surface area (Å²) in [6.45, 7) is 1.24. The predicted octanol–water partition coefficient (Wildman–Crippen LogP) is 2.86. The van der Waals surface area contributed by atoms with Crippen molar-refractivity contribution in [2.45, 2.75) is 19.6 Å². The first-order valence-corrected chi connectivity index (χ1v) is 9.50. The molecular formula is C20H19NO7S. The van der Waals surface area contributed by atoms with Gasteiger partial charge in [-0.3, -0.25) is 4.79 Å². The molecule has 152 valence electrons. The average Bonchev–Trinajstić information content (AvgIpc) is 2.70. The van der Waals surface area contributed by atoms with Gasteiger partial charge in [-0.2, -0.15) is 0 Å². The van der Waals surface area contributed by atoms with Crippen LogP contribution in [0.15, 0.2) is 54.6 Å². The summed E-state index contributed by atoms with van der Waals surface area (Å²) in [5.74, 6) is -2.70. The van der Waals surface area contributed by atoms with Crippen LogP contribution < -0.4 is 10.1 Å².